The number of para-hydroxylation sites is 4. The summed E-state index contributed by atoms with van der Waals surface area (Å²) < 4.78 is 30.4. The Hall–Kier alpha value is -10.1. The molecule has 0 saturated carbocycles. The quantitative estimate of drug-likeness (QED) is 0.0225. The van der Waals surface area contributed by atoms with E-state index >= 15 is 0 Å². The maximum atomic E-state index is 12.1. The number of nitrogens with one attached hydrogen (secondary N) is 2. The highest BCUT2D eigenvalue weighted by molar-refractivity contribution is 9.10. The molecule has 0 radical (unpaired) electrons. The molecule has 4 aliphatic rings. The summed E-state index contributed by atoms with van der Waals surface area (Å²) >= 11 is 9.07. The lowest BCUT2D eigenvalue weighted by molar-refractivity contribution is -0.131. The highest BCUT2D eigenvalue weighted by atomic mass is 79.9. The molecular formula is C82H86BBrClN7O15S4. The zero-order chi connectivity index (χ0) is 79.3. The molecule has 11 N–H and O–H groups in total. The molecule has 4 unspecified atom stereocenters. The number of amides is 2. The van der Waals surface area contributed by atoms with Gasteiger partial charge in [0.1, 0.15) is 64.7 Å². The Kier molecular flexibility index (Phi) is 31.7. The molecule has 4 aliphatic heterocycles. The number of aromatic nitrogens is 2. The number of anilines is 2. The molecule has 29 heteroatoms. The van der Waals surface area contributed by atoms with Crippen molar-refractivity contribution in [1.29, 1.82) is 0 Å². The number of nitrogens with two attached hydrogens (primary N) is 3. The molecule has 0 aliphatic carbocycles. The Morgan fingerprint density at radius 1 is 0.532 bits per heavy atom. The number of Topliss-reactive ketones (excluding diaryl/α,β-unsaturated/α-hetero) is 4. The summed E-state index contributed by atoms with van der Waals surface area (Å²) in [5, 5.41) is 31.3. The lowest BCUT2D eigenvalue weighted by Crippen LogP contribution is -2.38. The summed E-state index contributed by atoms with van der Waals surface area (Å²) in [5.41, 5.74) is 25.5. The lowest BCUT2D eigenvalue weighted by Gasteiger charge is -2.20. The number of benzene rings is 4. The van der Waals surface area contributed by atoms with Crippen LogP contribution in [0.5, 0.6) is 23.0 Å². The molecule has 10 aromatic rings. The second-order valence-electron chi connectivity index (χ2n) is 26.5. The van der Waals surface area contributed by atoms with Crippen molar-refractivity contribution < 1.29 is 72.4 Å². The van der Waals surface area contributed by atoms with Crippen LogP contribution in [0.1, 0.15) is 134 Å². The first-order valence-electron chi connectivity index (χ1n) is 35.1. The summed E-state index contributed by atoms with van der Waals surface area (Å²) in [4.78, 5) is 92.7. The molecule has 0 spiro atoms. The van der Waals surface area contributed by atoms with Crippen LogP contribution in [0.4, 0.5) is 16.4 Å². The van der Waals surface area contributed by atoms with Gasteiger partial charge in [0.25, 0.3) is 0 Å². The van der Waals surface area contributed by atoms with Gasteiger partial charge in [-0.2, -0.15) is 0 Å². The molecule has 2 amide bonds. The number of pyridine rings is 2. The first-order chi connectivity index (χ1) is 52.5. The zero-order valence-electron chi connectivity index (χ0n) is 62.2. The predicted molar refractivity (Wildman–Crippen MR) is 447 cm³/mol. The van der Waals surface area contributed by atoms with E-state index in [1.54, 1.807) is 63.4 Å². The van der Waals surface area contributed by atoms with Gasteiger partial charge in [0.2, 0.25) is 5.91 Å². The number of nitrogen functional groups attached to an aromatic ring is 2. The number of ether oxygens (including phenoxy) is 5. The van der Waals surface area contributed by atoms with Crippen molar-refractivity contribution in [2.45, 2.75) is 118 Å². The third-order valence-electron chi connectivity index (χ3n) is 16.7. The molecule has 111 heavy (non-hydrogen) atoms. The number of hydrogen-bond donors (Lipinski definition) is 8. The van der Waals surface area contributed by atoms with Crippen molar-refractivity contribution in [3.63, 3.8) is 0 Å². The molecule has 14 rings (SSSR count). The maximum absolute atomic E-state index is 12.1. The molecule has 0 bridgehead atoms. The minimum atomic E-state index is -1.46. The predicted octanol–water partition coefficient (Wildman–Crippen LogP) is 15.0. The minimum absolute atomic E-state index is 0. The summed E-state index contributed by atoms with van der Waals surface area (Å²) in [6, 6.07) is 45.9. The molecule has 0 fully saturated rings. The Bertz CT molecular complexity index is 4870. The Morgan fingerprint density at radius 2 is 0.919 bits per heavy atom. The number of ketones is 4. The van der Waals surface area contributed by atoms with E-state index in [4.69, 9.17) is 56.0 Å². The number of nitrogens with zero attached hydrogens (tertiary/aromatic N) is 2. The molecule has 4 atom stereocenters. The highest BCUT2D eigenvalue weighted by Crippen LogP contribution is 2.45. The van der Waals surface area contributed by atoms with Gasteiger partial charge in [0.15, 0.2) is 23.1 Å². The van der Waals surface area contributed by atoms with Crippen LogP contribution in [-0.2, 0) is 40.0 Å². The van der Waals surface area contributed by atoms with Crippen molar-refractivity contribution >= 4 is 150 Å². The van der Waals surface area contributed by atoms with E-state index in [1.807, 2.05) is 106 Å². The number of halogens is 2. The van der Waals surface area contributed by atoms with Gasteiger partial charge in [0.05, 0.1) is 37.1 Å². The average molecular weight is 1660 g/mol. The van der Waals surface area contributed by atoms with Gasteiger partial charge in [-0.3, -0.25) is 24.0 Å². The first-order valence-corrected chi connectivity index (χ1v) is 39.1. The number of carbonyl (C=O) groups excluding carboxylic acids is 6. The topological polar surface area (TPSA) is 354 Å². The van der Waals surface area contributed by atoms with E-state index in [0.717, 1.165) is 140 Å². The minimum Gasteiger partial charge on any atom is -0.489 e. The Balaban J connectivity index is 0.000000172. The van der Waals surface area contributed by atoms with Gasteiger partial charge in [-0.05, 0) is 207 Å². The molecule has 0 saturated heterocycles. The summed E-state index contributed by atoms with van der Waals surface area (Å²) in [7, 11) is -1.46. The molecular weight excluding hydrogens is 1580 g/mol. The van der Waals surface area contributed by atoms with Crippen LogP contribution in [0, 0.1) is 0 Å². The van der Waals surface area contributed by atoms with E-state index in [0.29, 0.717) is 52.6 Å². The number of alkyl carbamates (subject to hydrolysis) is 1. The lowest BCUT2D eigenvalue weighted by atomic mass is 9.90. The van der Waals surface area contributed by atoms with Crippen LogP contribution in [0.15, 0.2) is 175 Å². The van der Waals surface area contributed by atoms with Crippen LogP contribution < -0.4 is 51.6 Å². The van der Waals surface area contributed by atoms with Crippen molar-refractivity contribution in [1.82, 2.24) is 20.6 Å². The number of hydrogen-bond acceptors (Lipinski definition) is 23. The molecule has 4 aromatic carbocycles. The standard InChI is InChI=1S/C23H21N3O3S.C16H16O2S.C15H15NO2S.C14H18BrNO3.C8H8N2O2.C6H7BO3S.ClH/c1-14(27)19-7-8-20(30-19)18-4-2-3-16-11-17(29-23(16)18)13-26-22(28)10-6-15-5-9-21(24)25-12-15;1-3-12-9-11-5-4-6-13(16(11)18-12)15-8-7-14(19-15)10(2)17;1-9(17)13-5-6-14(19-13)12-4-2-3-10-7-11(8-16)18-15(10)12;1-14(2,3)19-13(17)16-8-10-7-9-5-4-6-11(15)12(9)18-10;9-7-3-1-6(5-10-7)2-4-8(11)12;1-4(8)5-2-3-6(11-5)7(9)10;/h2-10,12,17H,11,13H2,1H3,(H2,24,25)(H,26,28);4-8,12H,3,9H2,1-2H3;2-6,11H,7-8,16H2,1H3;4-6,10H,7-8H2,1-3H3,(H,16,17);1-5H,(H2,9,10)(H,11,12);2-3,9-10H,1H3;1H/b10-6+;;;;4-2+;;. The maximum Gasteiger partial charge on any atom is 0.499 e. The van der Waals surface area contributed by atoms with Crippen molar-refractivity contribution in [3.05, 3.63) is 228 Å². The normalized spacial score (nSPS) is 15.0. The van der Waals surface area contributed by atoms with Crippen molar-refractivity contribution in [2.75, 3.05) is 31.1 Å². The fourth-order valence-corrected chi connectivity index (χ4v) is 15.4. The third kappa shape index (κ3) is 25.2. The van der Waals surface area contributed by atoms with Gasteiger partial charge < -0.3 is 66.7 Å². The molecule has 10 heterocycles. The van der Waals surface area contributed by atoms with E-state index in [9.17, 15) is 33.6 Å². The Labute approximate surface area is 674 Å². The van der Waals surface area contributed by atoms with Crippen molar-refractivity contribution in [3.8, 4) is 54.3 Å². The third-order valence-corrected chi connectivity index (χ3v) is 22.2. The number of thiophene rings is 4. The zero-order valence-corrected chi connectivity index (χ0v) is 67.8. The second-order valence-corrected chi connectivity index (χ2v) is 31.7. The number of rotatable bonds is 18. The van der Waals surface area contributed by atoms with Gasteiger partial charge in [-0.15, -0.1) is 57.8 Å². The van der Waals surface area contributed by atoms with E-state index in [1.165, 1.54) is 76.5 Å². The number of aliphatic carboxylic acids is 1. The van der Waals surface area contributed by atoms with Crippen LogP contribution in [-0.4, -0.2) is 123 Å². The molecule has 22 nitrogen and oxygen atoms in total. The average Bonchev–Trinajstić information content (AvgIpc) is 1.66. The van der Waals surface area contributed by atoms with Crippen LogP contribution in [0.3, 0.4) is 0 Å². The fraction of sp³-hybridized carbons (Fsp3) is 0.256. The number of carboxylic acids is 1. The Morgan fingerprint density at radius 3 is 1.30 bits per heavy atom. The fourth-order valence-electron chi connectivity index (χ4n) is 11.3. The number of fused-ring (bicyclic) bond motifs is 4. The number of carbonyl (C=O) groups is 7. The van der Waals surface area contributed by atoms with Crippen molar-refractivity contribution in [2.24, 2.45) is 5.73 Å². The summed E-state index contributed by atoms with van der Waals surface area (Å²) in [5.74, 6) is 3.54. The second kappa shape index (κ2) is 40.7. The van der Waals surface area contributed by atoms with Crippen LogP contribution >= 0.6 is 73.7 Å². The summed E-state index contributed by atoms with van der Waals surface area (Å²) in [6.45, 7) is 15.2. The SMILES string of the molecule is CC(=O)c1ccc(-c2cccc3c2OC(CN)C3)s1.CC(=O)c1ccc(-c2cccc3c2OC(CNC(=O)/C=C/c2ccc(N)nc2)C3)s1.CC(=O)c1ccc(B(O)O)s1.CC(C)(C)OC(=O)NCC1Cc2cccc(Br)c2O1.CCC1Cc2cccc(-c3ccc(C(C)=O)s3)c2O1.Cl.Nc1ccc(/C=C/C(=O)O)cn1. The van der Waals surface area contributed by atoms with Crippen LogP contribution in [0.2, 0.25) is 0 Å². The van der Waals surface area contributed by atoms with Gasteiger partial charge >= 0.3 is 19.2 Å². The van der Waals surface area contributed by atoms with E-state index in [-0.39, 0.29) is 59.8 Å². The van der Waals surface area contributed by atoms with Gasteiger partial charge in [-0.1, -0.05) is 61.5 Å². The summed E-state index contributed by atoms with van der Waals surface area (Å²) in [6.07, 6.45) is 13.0. The number of carboxylic acid groups (broad SMARTS) is 1. The van der Waals surface area contributed by atoms with Gasteiger partial charge in [0, 0.05) is 92.9 Å². The highest BCUT2D eigenvalue weighted by Gasteiger charge is 2.30. The molecule has 6 aromatic heterocycles. The first kappa shape index (κ1) is 86.5. The van der Waals surface area contributed by atoms with Crippen LogP contribution in [0.25, 0.3) is 43.5 Å². The smallest absolute Gasteiger partial charge is 0.489 e. The molecule has 580 valence electrons. The van der Waals surface area contributed by atoms with Gasteiger partial charge in [-0.25, -0.2) is 19.6 Å². The van der Waals surface area contributed by atoms with E-state index in [2.05, 4.69) is 67.7 Å². The van der Waals surface area contributed by atoms with E-state index < -0.39 is 24.8 Å². The largest absolute Gasteiger partial charge is 0.499 e. The monoisotopic (exact) mass is 1660 g/mol.